The van der Waals surface area contributed by atoms with Crippen molar-refractivity contribution < 1.29 is 14.3 Å². The van der Waals surface area contributed by atoms with E-state index in [1.165, 1.54) is 14.2 Å². The predicted octanol–water partition coefficient (Wildman–Crippen LogP) is 5.26. The van der Waals surface area contributed by atoms with Crippen LogP contribution in [0.5, 0.6) is 11.5 Å². The fourth-order valence-electron chi connectivity index (χ4n) is 3.71. The van der Waals surface area contributed by atoms with Crippen LogP contribution in [0, 0.1) is 0 Å². The molecule has 4 rings (SSSR count). The van der Waals surface area contributed by atoms with Crippen LogP contribution in [0.4, 0.5) is 10.5 Å². The van der Waals surface area contributed by atoms with Gasteiger partial charge in [-0.25, -0.2) is 4.79 Å². The Morgan fingerprint density at radius 1 is 1.10 bits per heavy atom. The Balaban J connectivity index is 1.69. The van der Waals surface area contributed by atoms with Gasteiger partial charge in [0.15, 0.2) is 0 Å². The predicted molar refractivity (Wildman–Crippen MR) is 113 cm³/mol. The third-order valence-electron chi connectivity index (χ3n) is 5.24. The quantitative estimate of drug-likeness (QED) is 0.639. The minimum Gasteiger partial charge on any atom is -0.495 e. The van der Waals surface area contributed by atoms with Crippen molar-refractivity contribution in [2.75, 3.05) is 19.5 Å². The maximum Gasteiger partial charge on any atom is 0.322 e. The first kappa shape index (κ1) is 19.2. The Morgan fingerprint density at radius 3 is 2.62 bits per heavy atom. The summed E-state index contributed by atoms with van der Waals surface area (Å²) in [6.45, 7) is 2.51. The summed E-state index contributed by atoms with van der Waals surface area (Å²) in [5.74, 6) is 0.960. The molecule has 0 saturated heterocycles. The second-order valence-corrected chi connectivity index (χ2v) is 7.26. The van der Waals surface area contributed by atoms with Gasteiger partial charge in [0.2, 0.25) is 0 Å². The van der Waals surface area contributed by atoms with E-state index in [2.05, 4.69) is 16.0 Å². The molecule has 0 bridgehead atoms. The van der Waals surface area contributed by atoms with Crippen LogP contribution in [0.1, 0.15) is 24.2 Å². The first-order valence-electron chi connectivity index (χ1n) is 9.28. The van der Waals surface area contributed by atoms with Crippen LogP contribution in [0.3, 0.4) is 0 Å². The van der Waals surface area contributed by atoms with Gasteiger partial charge in [-0.1, -0.05) is 29.8 Å². The first-order valence-corrected chi connectivity index (χ1v) is 9.66. The van der Waals surface area contributed by atoms with Crippen LogP contribution in [-0.2, 0) is 6.54 Å². The number of amides is 2. The number of nitrogens with one attached hydrogen (secondary N) is 1. The van der Waals surface area contributed by atoms with E-state index in [-0.39, 0.29) is 12.1 Å². The fourth-order valence-corrected chi connectivity index (χ4v) is 3.95. The highest BCUT2D eigenvalue weighted by Crippen LogP contribution is 2.37. The Morgan fingerprint density at radius 2 is 1.86 bits per heavy atom. The Hall–Kier alpha value is -3.12. The number of urea groups is 1. The van der Waals surface area contributed by atoms with E-state index in [0.29, 0.717) is 28.8 Å². The number of anilines is 1. The van der Waals surface area contributed by atoms with Crippen LogP contribution < -0.4 is 14.8 Å². The van der Waals surface area contributed by atoms with E-state index in [0.717, 1.165) is 16.9 Å². The average Bonchev–Trinajstić information content (AvgIpc) is 3.17. The molecule has 2 heterocycles. The second-order valence-electron chi connectivity index (χ2n) is 6.85. The van der Waals surface area contributed by atoms with Gasteiger partial charge in [0.05, 0.1) is 43.2 Å². The number of para-hydroxylation sites is 1. The van der Waals surface area contributed by atoms with Gasteiger partial charge in [0, 0.05) is 18.0 Å². The summed E-state index contributed by atoms with van der Waals surface area (Å²) < 4.78 is 12.8. The number of fused-ring (bicyclic) bond motifs is 3. The number of benzene rings is 2. The summed E-state index contributed by atoms with van der Waals surface area (Å²) in [6, 6.07) is 15.1. The molecule has 29 heavy (non-hydrogen) atoms. The van der Waals surface area contributed by atoms with Gasteiger partial charge in [-0.15, -0.1) is 0 Å². The molecule has 7 heteroatoms. The molecule has 2 aromatic carbocycles. The number of hydrogen-bond acceptors (Lipinski definition) is 3. The number of aromatic nitrogens is 1. The molecule has 3 aromatic rings. The Labute approximate surface area is 174 Å². The summed E-state index contributed by atoms with van der Waals surface area (Å²) in [6.07, 6.45) is 2.03. The molecule has 2 amide bonds. The molecule has 0 radical (unpaired) electrons. The minimum atomic E-state index is -0.235. The number of ether oxygens (including phenoxy) is 2. The fraction of sp³-hybridized carbons (Fsp3) is 0.227. The summed E-state index contributed by atoms with van der Waals surface area (Å²) in [7, 11) is 3.07. The lowest BCUT2D eigenvalue weighted by Crippen LogP contribution is -2.36. The Kier molecular flexibility index (Phi) is 5.11. The van der Waals surface area contributed by atoms with Gasteiger partial charge in [0.25, 0.3) is 0 Å². The van der Waals surface area contributed by atoms with E-state index < -0.39 is 0 Å². The molecular weight excluding hydrogens is 390 g/mol. The van der Waals surface area contributed by atoms with E-state index in [1.807, 2.05) is 43.5 Å². The topological polar surface area (TPSA) is 55.7 Å². The Bertz CT molecular complexity index is 1060. The zero-order valence-corrected chi connectivity index (χ0v) is 17.2. The van der Waals surface area contributed by atoms with Crippen LogP contribution in [0.15, 0.2) is 54.7 Å². The number of halogens is 1. The molecular formula is C22H22ClN3O3. The van der Waals surface area contributed by atoms with Crippen molar-refractivity contribution in [1.29, 1.82) is 0 Å². The van der Waals surface area contributed by atoms with E-state index in [1.54, 1.807) is 17.0 Å². The van der Waals surface area contributed by atoms with Gasteiger partial charge in [-0.2, -0.15) is 0 Å². The highest BCUT2D eigenvalue weighted by Gasteiger charge is 2.29. The van der Waals surface area contributed by atoms with E-state index >= 15 is 0 Å². The minimum absolute atomic E-state index is 0.128. The number of carbonyl (C=O) groups is 1. The highest BCUT2D eigenvalue weighted by molar-refractivity contribution is 6.32. The molecule has 0 saturated carbocycles. The lowest BCUT2D eigenvalue weighted by Gasteiger charge is -2.28. The van der Waals surface area contributed by atoms with Gasteiger partial charge in [-0.05, 0) is 36.8 Å². The molecule has 1 aromatic heterocycles. The number of rotatable bonds is 3. The third-order valence-corrected chi connectivity index (χ3v) is 5.54. The summed E-state index contributed by atoms with van der Waals surface area (Å²) >= 11 is 6.25. The number of hydrogen-bond donors (Lipinski definition) is 1. The summed E-state index contributed by atoms with van der Waals surface area (Å²) in [5.41, 5.74) is 3.69. The molecule has 1 N–H and O–H groups in total. The molecule has 6 nitrogen and oxygen atoms in total. The molecule has 1 atom stereocenters. The zero-order chi connectivity index (χ0) is 20.5. The first-order chi connectivity index (χ1) is 14.0. The van der Waals surface area contributed by atoms with Crippen molar-refractivity contribution in [2.45, 2.75) is 19.5 Å². The smallest absolute Gasteiger partial charge is 0.322 e. The van der Waals surface area contributed by atoms with Gasteiger partial charge < -0.3 is 24.3 Å². The normalized spacial score (nSPS) is 15.2. The van der Waals surface area contributed by atoms with Crippen molar-refractivity contribution in [2.24, 2.45) is 0 Å². The van der Waals surface area contributed by atoms with E-state index in [9.17, 15) is 4.79 Å². The average molecular weight is 412 g/mol. The molecule has 0 fully saturated rings. The maximum absolute atomic E-state index is 13.3. The molecule has 0 aliphatic carbocycles. The van der Waals surface area contributed by atoms with Crippen molar-refractivity contribution >= 4 is 23.3 Å². The number of carbonyl (C=O) groups excluding carboxylic acids is 1. The molecule has 1 aliphatic heterocycles. The maximum atomic E-state index is 13.3. The molecule has 150 valence electrons. The second kappa shape index (κ2) is 7.72. The van der Waals surface area contributed by atoms with Crippen molar-refractivity contribution in [3.63, 3.8) is 0 Å². The molecule has 0 spiro atoms. The zero-order valence-electron chi connectivity index (χ0n) is 16.5. The van der Waals surface area contributed by atoms with Gasteiger partial charge >= 0.3 is 6.03 Å². The van der Waals surface area contributed by atoms with Crippen LogP contribution in [0.25, 0.3) is 5.69 Å². The van der Waals surface area contributed by atoms with Crippen molar-refractivity contribution in [3.8, 4) is 17.2 Å². The summed E-state index contributed by atoms with van der Waals surface area (Å²) in [4.78, 5) is 15.1. The third kappa shape index (κ3) is 3.40. The molecule has 1 unspecified atom stereocenters. The number of methoxy groups -OCH3 is 2. The highest BCUT2D eigenvalue weighted by atomic mass is 35.5. The van der Waals surface area contributed by atoms with Crippen LogP contribution >= 0.6 is 11.6 Å². The number of nitrogens with zero attached hydrogens (tertiary/aromatic N) is 2. The lowest BCUT2D eigenvalue weighted by atomic mass is 10.1. The monoisotopic (exact) mass is 411 g/mol. The van der Waals surface area contributed by atoms with E-state index in [4.69, 9.17) is 21.1 Å². The van der Waals surface area contributed by atoms with Gasteiger partial charge in [-0.3, -0.25) is 0 Å². The van der Waals surface area contributed by atoms with Crippen molar-refractivity contribution in [1.82, 2.24) is 9.47 Å². The largest absolute Gasteiger partial charge is 0.495 e. The van der Waals surface area contributed by atoms with Crippen LogP contribution in [0.2, 0.25) is 5.02 Å². The standard InChI is InChI=1S/C22H22ClN3O3/c1-14-18-9-6-10-25(18)19-8-5-4-7-15(19)13-26(14)22(27)24-17-11-16(23)20(28-2)12-21(17)29-3/h4-12,14H,13H2,1-3H3,(H,24,27). The van der Waals surface area contributed by atoms with Crippen LogP contribution in [-0.4, -0.2) is 29.7 Å². The van der Waals surface area contributed by atoms with Crippen molar-refractivity contribution in [3.05, 3.63) is 71.0 Å². The summed E-state index contributed by atoms with van der Waals surface area (Å²) in [5, 5.41) is 3.34. The van der Waals surface area contributed by atoms with Gasteiger partial charge in [0.1, 0.15) is 11.5 Å². The molecule has 1 aliphatic rings. The SMILES string of the molecule is COc1cc(OC)c(NC(=O)N2Cc3ccccc3-n3cccc3C2C)cc1Cl. The lowest BCUT2D eigenvalue weighted by molar-refractivity contribution is 0.189.